The quantitative estimate of drug-likeness (QED) is 0.826. The number of hydrogen-bond acceptors (Lipinski definition) is 4. The molecule has 0 fully saturated rings. The maximum atomic E-state index is 12.7. The number of amides is 1. The molecule has 1 aromatic carbocycles. The van der Waals surface area contributed by atoms with E-state index in [1.807, 2.05) is 16.8 Å². The molecular formula is C15H16FNO3S. The van der Waals surface area contributed by atoms with Crippen LogP contribution in [-0.2, 0) is 4.79 Å². The van der Waals surface area contributed by atoms with Crippen LogP contribution in [0, 0.1) is 5.82 Å². The van der Waals surface area contributed by atoms with Crippen molar-refractivity contribution in [3.8, 4) is 5.75 Å². The monoisotopic (exact) mass is 309 g/mol. The van der Waals surface area contributed by atoms with Crippen LogP contribution in [0.2, 0.25) is 0 Å². The smallest absolute Gasteiger partial charge is 0.223 e. The average molecular weight is 309 g/mol. The number of aliphatic hydroxyl groups excluding tert-OH is 1. The molecule has 2 N–H and O–H groups in total. The molecule has 0 aliphatic rings. The van der Waals surface area contributed by atoms with Gasteiger partial charge in [0.25, 0.3) is 0 Å². The number of carbonyl (C=O) groups is 1. The van der Waals surface area contributed by atoms with Crippen molar-refractivity contribution < 1.29 is 19.0 Å². The third-order valence-corrected chi connectivity index (χ3v) is 3.53. The Kier molecular flexibility index (Phi) is 5.71. The molecule has 2 rings (SSSR count). The minimum Gasteiger partial charge on any atom is -0.493 e. The molecular weight excluding hydrogens is 293 g/mol. The zero-order valence-electron chi connectivity index (χ0n) is 11.3. The van der Waals surface area contributed by atoms with Gasteiger partial charge in [-0.1, -0.05) is 0 Å². The molecule has 21 heavy (non-hydrogen) atoms. The average Bonchev–Trinajstić information content (AvgIpc) is 3.01. The minimum absolute atomic E-state index is 0.173. The van der Waals surface area contributed by atoms with Crippen molar-refractivity contribution in [1.82, 2.24) is 5.32 Å². The van der Waals surface area contributed by atoms with E-state index < -0.39 is 6.10 Å². The molecule has 2 aromatic rings. The van der Waals surface area contributed by atoms with Gasteiger partial charge < -0.3 is 15.2 Å². The molecule has 0 aliphatic carbocycles. The van der Waals surface area contributed by atoms with Crippen LogP contribution in [0.25, 0.3) is 0 Å². The van der Waals surface area contributed by atoms with Crippen LogP contribution < -0.4 is 10.1 Å². The molecule has 112 valence electrons. The summed E-state index contributed by atoms with van der Waals surface area (Å²) in [4.78, 5) is 11.6. The van der Waals surface area contributed by atoms with Gasteiger partial charge in [-0.05, 0) is 46.7 Å². The number of carbonyl (C=O) groups excluding carboxylic acids is 1. The third-order valence-electron chi connectivity index (χ3n) is 2.83. The molecule has 0 radical (unpaired) electrons. The first-order valence-electron chi connectivity index (χ1n) is 6.50. The number of nitrogens with one attached hydrogen (secondary N) is 1. The van der Waals surface area contributed by atoms with Gasteiger partial charge in [0.2, 0.25) is 5.91 Å². The molecule has 0 saturated heterocycles. The highest BCUT2D eigenvalue weighted by Crippen LogP contribution is 2.15. The highest BCUT2D eigenvalue weighted by molar-refractivity contribution is 7.07. The standard InChI is InChI=1S/C15H16FNO3S/c16-12-1-3-13(4-2-12)20-7-5-15(19)17-9-14(18)11-6-8-21-10-11/h1-4,6,8,10,14,18H,5,7,9H2,(H,17,19). The van der Waals surface area contributed by atoms with E-state index in [1.165, 1.54) is 35.6 Å². The lowest BCUT2D eigenvalue weighted by molar-refractivity contribution is -0.122. The number of halogens is 1. The van der Waals surface area contributed by atoms with E-state index in [2.05, 4.69) is 5.32 Å². The van der Waals surface area contributed by atoms with Gasteiger partial charge in [-0.3, -0.25) is 4.79 Å². The van der Waals surface area contributed by atoms with Crippen molar-refractivity contribution in [1.29, 1.82) is 0 Å². The van der Waals surface area contributed by atoms with Gasteiger partial charge in [0.1, 0.15) is 11.6 Å². The van der Waals surface area contributed by atoms with Crippen LogP contribution >= 0.6 is 11.3 Å². The van der Waals surface area contributed by atoms with Gasteiger partial charge in [0, 0.05) is 6.54 Å². The molecule has 1 unspecified atom stereocenters. The van der Waals surface area contributed by atoms with Crippen LogP contribution in [0.4, 0.5) is 4.39 Å². The fourth-order valence-electron chi connectivity index (χ4n) is 1.67. The van der Waals surface area contributed by atoms with Crippen LogP contribution in [-0.4, -0.2) is 24.2 Å². The number of benzene rings is 1. The van der Waals surface area contributed by atoms with E-state index in [4.69, 9.17) is 4.74 Å². The second-order valence-corrected chi connectivity index (χ2v) is 5.21. The number of ether oxygens (including phenoxy) is 1. The Hall–Kier alpha value is -1.92. The Balaban J connectivity index is 1.64. The summed E-state index contributed by atoms with van der Waals surface area (Å²) in [5.74, 6) is -0.0172. The van der Waals surface area contributed by atoms with Crippen LogP contribution in [0.5, 0.6) is 5.75 Å². The summed E-state index contributed by atoms with van der Waals surface area (Å²) in [6, 6.07) is 7.43. The summed E-state index contributed by atoms with van der Waals surface area (Å²) < 4.78 is 18.0. The van der Waals surface area contributed by atoms with Crippen molar-refractivity contribution >= 4 is 17.2 Å². The van der Waals surface area contributed by atoms with Gasteiger partial charge in [-0.2, -0.15) is 11.3 Å². The minimum atomic E-state index is -0.696. The molecule has 6 heteroatoms. The first kappa shape index (κ1) is 15.5. The van der Waals surface area contributed by atoms with Crippen molar-refractivity contribution in [2.75, 3.05) is 13.2 Å². The summed E-state index contributed by atoms with van der Waals surface area (Å²) in [6.45, 7) is 0.373. The van der Waals surface area contributed by atoms with Crippen molar-refractivity contribution in [2.45, 2.75) is 12.5 Å². The molecule has 0 saturated carbocycles. The lowest BCUT2D eigenvalue weighted by Crippen LogP contribution is -2.29. The molecule has 0 aliphatic heterocycles. The first-order valence-corrected chi connectivity index (χ1v) is 7.44. The molecule has 1 heterocycles. The van der Waals surface area contributed by atoms with Gasteiger partial charge >= 0.3 is 0 Å². The lowest BCUT2D eigenvalue weighted by atomic mass is 10.2. The molecule has 1 atom stereocenters. The number of rotatable bonds is 7. The van der Waals surface area contributed by atoms with E-state index in [9.17, 15) is 14.3 Å². The topological polar surface area (TPSA) is 58.6 Å². The zero-order chi connectivity index (χ0) is 15.1. The zero-order valence-corrected chi connectivity index (χ0v) is 12.1. The Bertz CT molecular complexity index is 557. The predicted octanol–water partition coefficient (Wildman–Crippen LogP) is 2.51. The normalized spacial score (nSPS) is 11.9. The summed E-state index contributed by atoms with van der Waals surface area (Å²) in [6.07, 6.45) is -0.522. The van der Waals surface area contributed by atoms with E-state index in [-0.39, 0.29) is 31.3 Å². The first-order chi connectivity index (χ1) is 10.1. The Morgan fingerprint density at radius 1 is 1.33 bits per heavy atom. The number of thiophene rings is 1. The summed E-state index contributed by atoms with van der Waals surface area (Å²) >= 11 is 1.50. The second-order valence-electron chi connectivity index (χ2n) is 4.43. The number of aliphatic hydroxyl groups is 1. The largest absolute Gasteiger partial charge is 0.493 e. The summed E-state index contributed by atoms with van der Waals surface area (Å²) in [7, 11) is 0. The molecule has 1 amide bonds. The van der Waals surface area contributed by atoms with Gasteiger partial charge in [0.05, 0.1) is 19.1 Å². The Morgan fingerprint density at radius 3 is 2.76 bits per heavy atom. The van der Waals surface area contributed by atoms with E-state index >= 15 is 0 Å². The highest BCUT2D eigenvalue weighted by Gasteiger charge is 2.09. The van der Waals surface area contributed by atoms with Crippen LogP contribution in [0.1, 0.15) is 18.1 Å². The fraction of sp³-hybridized carbons (Fsp3) is 0.267. The van der Waals surface area contributed by atoms with Crippen molar-refractivity contribution in [2.24, 2.45) is 0 Å². The predicted molar refractivity (Wildman–Crippen MR) is 78.8 cm³/mol. The van der Waals surface area contributed by atoms with Gasteiger partial charge in [-0.15, -0.1) is 0 Å². The van der Waals surface area contributed by atoms with Crippen molar-refractivity contribution in [3.05, 3.63) is 52.5 Å². The molecule has 0 spiro atoms. The van der Waals surface area contributed by atoms with Gasteiger partial charge in [-0.25, -0.2) is 4.39 Å². The van der Waals surface area contributed by atoms with Crippen molar-refractivity contribution in [3.63, 3.8) is 0 Å². The summed E-state index contributed by atoms with van der Waals surface area (Å²) in [5.41, 5.74) is 0.794. The SMILES string of the molecule is O=C(CCOc1ccc(F)cc1)NCC(O)c1ccsc1. The highest BCUT2D eigenvalue weighted by atomic mass is 32.1. The molecule has 0 bridgehead atoms. The summed E-state index contributed by atoms with van der Waals surface area (Å²) in [5, 5.41) is 16.2. The van der Waals surface area contributed by atoms with E-state index in [0.29, 0.717) is 5.75 Å². The Morgan fingerprint density at radius 2 is 2.10 bits per heavy atom. The number of hydrogen-bond donors (Lipinski definition) is 2. The lowest BCUT2D eigenvalue weighted by Gasteiger charge is -2.11. The second kappa shape index (κ2) is 7.75. The van der Waals surface area contributed by atoms with E-state index in [0.717, 1.165) is 5.56 Å². The van der Waals surface area contributed by atoms with Crippen LogP contribution in [0.15, 0.2) is 41.1 Å². The van der Waals surface area contributed by atoms with Gasteiger partial charge in [0.15, 0.2) is 0 Å². The molecule has 1 aromatic heterocycles. The Labute approximate surface area is 126 Å². The molecule has 4 nitrogen and oxygen atoms in total. The van der Waals surface area contributed by atoms with E-state index in [1.54, 1.807) is 0 Å². The fourth-order valence-corrected chi connectivity index (χ4v) is 2.38. The maximum Gasteiger partial charge on any atom is 0.223 e. The third kappa shape index (κ3) is 5.17. The van der Waals surface area contributed by atoms with Crippen LogP contribution in [0.3, 0.4) is 0 Å². The maximum absolute atomic E-state index is 12.7.